The molecular formula is C21H23NO5. The van der Waals surface area contributed by atoms with Crippen LogP contribution in [-0.4, -0.2) is 29.9 Å². The minimum atomic E-state index is -0.839. The summed E-state index contributed by atoms with van der Waals surface area (Å²) >= 11 is 0. The third-order valence-electron chi connectivity index (χ3n) is 4.19. The van der Waals surface area contributed by atoms with Crippen molar-refractivity contribution in [3.8, 4) is 5.75 Å². The van der Waals surface area contributed by atoms with E-state index in [0.29, 0.717) is 23.4 Å². The Bertz CT molecular complexity index is 796. The lowest BCUT2D eigenvalue weighted by Gasteiger charge is -2.08. The maximum Gasteiger partial charge on any atom is 0.306 e. The van der Waals surface area contributed by atoms with Crippen LogP contribution in [0.4, 0.5) is 5.69 Å². The number of amides is 1. The van der Waals surface area contributed by atoms with Crippen LogP contribution in [-0.2, 0) is 16.0 Å². The third kappa shape index (κ3) is 6.26. The Labute approximate surface area is 158 Å². The number of aliphatic carboxylic acids is 1. The van der Waals surface area contributed by atoms with Crippen molar-refractivity contribution in [1.82, 2.24) is 0 Å². The summed E-state index contributed by atoms with van der Waals surface area (Å²) in [5.41, 5.74) is 2.04. The number of carbonyl (C=O) groups is 3. The van der Waals surface area contributed by atoms with Crippen molar-refractivity contribution in [2.75, 3.05) is 12.4 Å². The van der Waals surface area contributed by atoms with E-state index in [2.05, 4.69) is 5.32 Å². The largest absolute Gasteiger partial charge is 0.497 e. The molecule has 0 saturated heterocycles. The van der Waals surface area contributed by atoms with Crippen LogP contribution in [0.5, 0.6) is 5.75 Å². The highest BCUT2D eigenvalue weighted by molar-refractivity contribution is 6.00. The van der Waals surface area contributed by atoms with E-state index in [-0.39, 0.29) is 24.5 Å². The molecule has 0 spiro atoms. The van der Waals surface area contributed by atoms with Crippen molar-refractivity contribution in [2.45, 2.75) is 26.2 Å². The zero-order chi connectivity index (χ0) is 19.8. The van der Waals surface area contributed by atoms with Gasteiger partial charge in [-0.05, 0) is 48.4 Å². The fourth-order valence-electron chi connectivity index (χ4n) is 2.54. The van der Waals surface area contributed by atoms with Gasteiger partial charge in [-0.1, -0.05) is 19.1 Å². The highest BCUT2D eigenvalue weighted by Crippen LogP contribution is 2.15. The third-order valence-corrected chi connectivity index (χ3v) is 4.19. The molecule has 0 aliphatic carbocycles. The standard InChI is InChI=1S/C21H23NO5/c1-14(21(25)26)13-15-3-7-17(8-4-15)22-20(24)12-11-19(23)16-5-9-18(27-2)10-6-16/h3-10,14H,11-13H2,1-2H3,(H,22,24)(H,25,26). The minimum Gasteiger partial charge on any atom is -0.497 e. The lowest BCUT2D eigenvalue weighted by Crippen LogP contribution is -2.14. The van der Waals surface area contributed by atoms with Crippen LogP contribution in [0.2, 0.25) is 0 Å². The molecule has 1 amide bonds. The Morgan fingerprint density at radius 1 is 1.00 bits per heavy atom. The summed E-state index contributed by atoms with van der Waals surface area (Å²) in [6.07, 6.45) is 0.634. The highest BCUT2D eigenvalue weighted by Gasteiger charge is 2.12. The number of benzene rings is 2. The van der Waals surface area contributed by atoms with Crippen molar-refractivity contribution in [3.05, 3.63) is 59.7 Å². The van der Waals surface area contributed by atoms with Gasteiger partial charge in [0.15, 0.2) is 5.78 Å². The Kier molecular flexibility index (Phi) is 7.11. The van der Waals surface area contributed by atoms with Gasteiger partial charge in [-0.3, -0.25) is 14.4 Å². The zero-order valence-electron chi connectivity index (χ0n) is 15.4. The normalized spacial score (nSPS) is 11.5. The number of carboxylic acid groups (broad SMARTS) is 1. The summed E-state index contributed by atoms with van der Waals surface area (Å²) < 4.78 is 5.05. The van der Waals surface area contributed by atoms with E-state index in [1.165, 1.54) is 0 Å². The number of Topliss-reactive ketones (excluding diaryl/α,β-unsaturated/α-hetero) is 1. The smallest absolute Gasteiger partial charge is 0.306 e. The lowest BCUT2D eigenvalue weighted by atomic mass is 10.0. The van der Waals surface area contributed by atoms with E-state index in [1.807, 2.05) is 0 Å². The summed E-state index contributed by atoms with van der Waals surface area (Å²) in [4.78, 5) is 35.1. The maximum atomic E-state index is 12.1. The predicted molar refractivity (Wildman–Crippen MR) is 102 cm³/mol. The number of hydrogen-bond acceptors (Lipinski definition) is 4. The number of methoxy groups -OCH3 is 1. The Morgan fingerprint density at radius 2 is 1.63 bits per heavy atom. The van der Waals surface area contributed by atoms with Gasteiger partial charge in [0, 0.05) is 24.1 Å². The first-order valence-electron chi connectivity index (χ1n) is 8.68. The molecule has 2 aromatic rings. The Morgan fingerprint density at radius 3 is 2.19 bits per heavy atom. The second kappa shape index (κ2) is 9.52. The van der Waals surface area contributed by atoms with Crippen LogP contribution in [0, 0.1) is 5.92 Å². The molecule has 1 unspecified atom stereocenters. The number of hydrogen-bond donors (Lipinski definition) is 2. The second-order valence-corrected chi connectivity index (χ2v) is 6.34. The van der Waals surface area contributed by atoms with Crippen LogP contribution in [0.25, 0.3) is 0 Å². The molecule has 6 nitrogen and oxygen atoms in total. The molecule has 27 heavy (non-hydrogen) atoms. The van der Waals surface area contributed by atoms with E-state index < -0.39 is 11.9 Å². The molecule has 2 aromatic carbocycles. The minimum absolute atomic E-state index is 0.0860. The number of nitrogens with one attached hydrogen (secondary N) is 1. The summed E-state index contributed by atoms with van der Waals surface area (Å²) in [6.45, 7) is 1.65. The summed E-state index contributed by atoms with van der Waals surface area (Å²) in [5.74, 6) is -0.983. The van der Waals surface area contributed by atoms with Crippen molar-refractivity contribution in [2.24, 2.45) is 5.92 Å². The van der Waals surface area contributed by atoms with Crippen LogP contribution in [0.1, 0.15) is 35.7 Å². The van der Waals surface area contributed by atoms with Gasteiger partial charge >= 0.3 is 5.97 Å². The molecule has 0 fully saturated rings. The first-order valence-corrected chi connectivity index (χ1v) is 8.68. The van der Waals surface area contributed by atoms with Crippen molar-refractivity contribution < 1.29 is 24.2 Å². The maximum absolute atomic E-state index is 12.1. The molecule has 6 heteroatoms. The van der Waals surface area contributed by atoms with Gasteiger partial charge < -0.3 is 15.2 Å². The van der Waals surface area contributed by atoms with Crippen molar-refractivity contribution in [1.29, 1.82) is 0 Å². The topological polar surface area (TPSA) is 92.7 Å². The number of ether oxygens (including phenoxy) is 1. The molecule has 0 heterocycles. The molecule has 0 aliphatic rings. The van der Waals surface area contributed by atoms with Crippen molar-refractivity contribution >= 4 is 23.3 Å². The van der Waals surface area contributed by atoms with Gasteiger partial charge in [0.25, 0.3) is 0 Å². The van der Waals surface area contributed by atoms with E-state index >= 15 is 0 Å². The van der Waals surface area contributed by atoms with Gasteiger partial charge in [0.05, 0.1) is 13.0 Å². The molecular weight excluding hydrogens is 346 g/mol. The van der Waals surface area contributed by atoms with Crippen LogP contribution in [0.15, 0.2) is 48.5 Å². The van der Waals surface area contributed by atoms with Gasteiger partial charge in [0.2, 0.25) is 5.91 Å². The molecule has 0 radical (unpaired) electrons. The van der Waals surface area contributed by atoms with Crippen LogP contribution >= 0.6 is 0 Å². The van der Waals surface area contributed by atoms with Gasteiger partial charge in [-0.25, -0.2) is 0 Å². The number of anilines is 1. The molecule has 0 aromatic heterocycles. The zero-order valence-corrected chi connectivity index (χ0v) is 15.4. The Hall–Kier alpha value is -3.15. The average Bonchev–Trinajstić information content (AvgIpc) is 2.67. The number of carboxylic acids is 1. The summed E-state index contributed by atoms with van der Waals surface area (Å²) in [7, 11) is 1.56. The van der Waals surface area contributed by atoms with E-state index in [4.69, 9.17) is 9.84 Å². The van der Waals surface area contributed by atoms with Gasteiger partial charge in [-0.2, -0.15) is 0 Å². The first-order chi connectivity index (χ1) is 12.9. The van der Waals surface area contributed by atoms with Crippen molar-refractivity contribution in [3.63, 3.8) is 0 Å². The molecule has 0 aliphatic heterocycles. The van der Waals surface area contributed by atoms with Gasteiger partial charge in [-0.15, -0.1) is 0 Å². The number of rotatable bonds is 9. The summed E-state index contributed by atoms with van der Waals surface area (Å²) in [5, 5.41) is 11.7. The van der Waals surface area contributed by atoms with Crippen LogP contribution < -0.4 is 10.1 Å². The fourth-order valence-corrected chi connectivity index (χ4v) is 2.54. The van der Waals surface area contributed by atoms with E-state index in [9.17, 15) is 14.4 Å². The second-order valence-electron chi connectivity index (χ2n) is 6.34. The molecule has 0 bridgehead atoms. The first kappa shape index (κ1) is 20.2. The molecule has 2 N–H and O–H groups in total. The average molecular weight is 369 g/mol. The molecule has 1 atom stereocenters. The number of ketones is 1. The number of carbonyl (C=O) groups excluding carboxylic acids is 2. The summed E-state index contributed by atoms with van der Waals surface area (Å²) in [6, 6.07) is 13.8. The van der Waals surface area contributed by atoms with E-state index in [0.717, 1.165) is 5.56 Å². The monoisotopic (exact) mass is 369 g/mol. The predicted octanol–water partition coefficient (Wildman–Crippen LogP) is 3.56. The molecule has 2 rings (SSSR count). The SMILES string of the molecule is COc1ccc(C(=O)CCC(=O)Nc2ccc(CC(C)C(=O)O)cc2)cc1. The molecule has 0 saturated carbocycles. The molecule has 142 valence electrons. The fraction of sp³-hybridized carbons (Fsp3) is 0.286. The quantitative estimate of drug-likeness (QED) is 0.659. The highest BCUT2D eigenvalue weighted by atomic mass is 16.5. The Balaban J connectivity index is 1.82. The van der Waals surface area contributed by atoms with Crippen LogP contribution in [0.3, 0.4) is 0 Å². The lowest BCUT2D eigenvalue weighted by molar-refractivity contribution is -0.141. The van der Waals surface area contributed by atoms with E-state index in [1.54, 1.807) is 62.6 Å². The van der Waals surface area contributed by atoms with Gasteiger partial charge in [0.1, 0.15) is 5.75 Å².